The summed E-state index contributed by atoms with van der Waals surface area (Å²) in [5.74, 6) is 0.428. The third-order valence-corrected chi connectivity index (χ3v) is 5.07. The Balaban J connectivity index is 1.83. The summed E-state index contributed by atoms with van der Waals surface area (Å²) in [5.41, 5.74) is 2.31. The summed E-state index contributed by atoms with van der Waals surface area (Å²) < 4.78 is 1.63. The summed E-state index contributed by atoms with van der Waals surface area (Å²) in [5, 5.41) is 0. The molecule has 1 amide bonds. The van der Waals surface area contributed by atoms with E-state index < -0.39 is 0 Å². The highest BCUT2D eigenvalue weighted by Gasteiger charge is 2.25. The predicted molar refractivity (Wildman–Crippen MR) is 99.9 cm³/mol. The molecule has 0 saturated carbocycles. The molecule has 0 spiro atoms. The number of carbonyl (C=O) groups excluding carboxylic acids is 1. The van der Waals surface area contributed by atoms with E-state index in [0.29, 0.717) is 12.5 Å². The molecule has 0 radical (unpaired) electrons. The van der Waals surface area contributed by atoms with Crippen LogP contribution in [0.5, 0.6) is 0 Å². The summed E-state index contributed by atoms with van der Waals surface area (Å²) in [4.78, 5) is 27.5. The zero-order valence-electron chi connectivity index (χ0n) is 15.1. The molecule has 0 N–H and O–H groups in total. The van der Waals surface area contributed by atoms with Crippen LogP contribution in [0, 0.1) is 12.8 Å². The third kappa shape index (κ3) is 4.01. The number of rotatable bonds is 4. The molecule has 0 unspecified atom stereocenters. The summed E-state index contributed by atoms with van der Waals surface area (Å²) in [7, 11) is 0. The Labute approximate surface area is 149 Å². The number of amides is 1. The van der Waals surface area contributed by atoms with Gasteiger partial charge in [0.15, 0.2) is 0 Å². The number of nitrogens with zero attached hydrogens (tertiary/aromatic N) is 2. The number of hydrogen-bond donors (Lipinski definition) is 0. The number of aryl methyl sites for hydroxylation is 1. The van der Waals surface area contributed by atoms with E-state index in [2.05, 4.69) is 13.0 Å². The fourth-order valence-corrected chi connectivity index (χ4v) is 3.58. The van der Waals surface area contributed by atoms with Crippen molar-refractivity contribution < 1.29 is 4.79 Å². The first kappa shape index (κ1) is 17.5. The predicted octanol–water partition coefficient (Wildman–Crippen LogP) is 3.47. The van der Waals surface area contributed by atoms with Crippen LogP contribution < -0.4 is 5.56 Å². The summed E-state index contributed by atoms with van der Waals surface area (Å²) in [6.07, 6.45) is 5.03. The molecule has 4 nitrogen and oxygen atoms in total. The number of piperidine rings is 1. The lowest BCUT2D eigenvalue weighted by molar-refractivity contribution is 0.0668. The van der Waals surface area contributed by atoms with Crippen LogP contribution in [-0.4, -0.2) is 28.5 Å². The molecule has 0 aliphatic carbocycles. The van der Waals surface area contributed by atoms with Crippen molar-refractivity contribution in [3.05, 3.63) is 69.6 Å². The van der Waals surface area contributed by atoms with E-state index >= 15 is 0 Å². The van der Waals surface area contributed by atoms with Crippen molar-refractivity contribution in [1.82, 2.24) is 9.47 Å². The molecular formula is C21H26N2O2. The van der Waals surface area contributed by atoms with Gasteiger partial charge >= 0.3 is 0 Å². The number of pyridine rings is 1. The maximum Gasteiger partial charge on any atom is 0.263 e. The minimum atomic E-state index is -0.201. The Morgan fingerprint density at radius 2 is 2.08 bits per heavy atom. The van der Waals surface area contributed by atoms with E-state index in [1.807, 2.05) is 30.0 Å². The molecule has 1 aromatic heterocycles. The normalized spacial score (nSPS) is 17.5. The molecule has 3 rings (SSSR count). The molecule has 1 aromatic carbocycles. The highest BCUT2D eigenvalue weighted by atomic mass is 16.2. The Bertz CT molecular complexity index is 810. The minimum absolute atomic E-state index is 0.123. The van der Waals surface area contributed by atoms with Crippen LogP contribution in [-0.2, 0) is 6.54 Å². The number of aromatic nitrogens is 1. The van der Waals surface area contributed by atoms with Gasteiger partial charge in [0.1, 0.15) is 5.56 Å². The van der Waals surface area contributed by atoms with E-state index in [1.54, 1.807) is 22.9 Å². The average Bonchev–Trinajstić information content (AvgIpc) is 2.63. The van der Waals surface area contributed by atoms with E-state index in [0.717, 1.165) is 37.1 Å². The lowest BCUT2D eigenvalue weighted by Gasteiger charge is -2.32. The van der Waals surface area contributed by atoms with Crippen molar-refractivity contribution in [2.45, 2.75) is 39.7 Å². The van der Waals surface area contributed by atoms with Crippen LogP contribution in [0.15, 0.2) is 47.4 Å². The first-order chi connectivity index (χ1) is 12.1. The topological polar surface area (TPSA) is 42.3 Å². The monoisotopic (exact) mass is 338 g/mol. The van der Waals surface area contributed by atoms with Gasteiger partial charge in [-0.1, -0.05) is 43.2 Å². The van der Waals surface area contributed by atoms with E-state index in [4.69, 9.17) is 0 Å². The van der Waals surface area contributed by atoms with Crippen molar-refractivity contribution in [2.24, 2.45) is 5.92 Å². The molecule has 4 heteroatoms. The van der Waals surface area contributed by atoms with Gasteiger partial charge in [-0.05, 0) is 43.4 Å². The quantitative estimate of drug-likeness (QED) is 0.857. The molecule has 25 heavy (non-hydrogen) atoms. The molecule has 1 aliphatic heterocycles. The first-order valence-corrected chi connectivity index (χ1v) is 9.12. The molecule has 2 aromatic rings. The van der Waals surface area contributed by atoms with E-state index in [9.17, 15) is 9.59 Å². The van der Waals surface area contributed by atoms with Crippen molar-refractivity contribution in [2.75, 3.05) is 13.1 Å². The Kier molecular flexibility index (Phi) is 5.37. The zero-order valence-corrected chi connectivity index (χ0v) is 15.1. The second-order valence-electron chi connectivity index (χ2n) is 7.01. The molecule has 132 valence electrons. The van der Waals surface area contributed by atoms with Crippen LogP contribution in [0.25, 0.3) is 0 Å². The molecule has 1 saturated heterocycles. The number of benzene rings is 1. The van der Waals surface area contributed by atoms with Gasteiger partial charge in [0.2, 0.25) is 0 Å². The smallest absolute Gasteiger partial charge is 0.263 e. The summed E-state index contributed by atoms with van der Waals surface area (Å²) in [6.45, 7) is 6.20. The molecule has 0 bridgehead atoms. The minimum Gasteiger partial charge on any atom is -0.338 e. The standard InChI is InChI=1S/C21H26N2O2/c1-3-17-9-5-11-22(14-17)20(24)19-10-6-12-23(21(19)25)15-18-8-4-7-16(2)13-18/h4,6-8,10,12-13,17H,3,5,9,11,14-15H2,1-2H3/t17-/m0/s1. The van der Waals surface area contributed by atoms with Crippen molar-refractivity contribution >= 4 is 5.91 Å². The van der Waals surface area contributed by atoms with Crippen molar-refractivity contribution in [3.63, 3.8) is 0 Å². The zero-order chi connectivity index (χ0) is 17.8. The maximum atomic E-state index is 12.9. The Morgan fingerprint density at radius 1 is 1.24 bits per heavy atom. The molecule has 1 aliphatic rings. The van der Waals surface area contributed by atoms with Gasteiger partial charge in [0.25, 0.3) is 11.5 Å². The lowest BCUT2D eigenvalue weighted by Crippen LogP contribution is -2.42. The van der Waals surface area contributed by atoms with Gasteiger partial charge < -0.3 is 9.47 Å². The highest BCUT2D eigenvalue weighted by Crippen LogP contribution is 2.20. The van der Waals surface area contributed by atoms with Gasteiger partial charge in [-0.2, -0.15) is 0 Å². The largest absolute Gasteiger partial charge is 0.338 e. The van der Waals surface area contributed by atoms with Crippen LogP contribution in [0.1, 0.15) is 47.7 Å². The second-order valence-corrected chi connectivity index (χ2v) is 7.01. The SMILES string of the molecule is CC[C@H]1CCCN(C(=O)c2cccn(Cc3cccc(C)c3)c2=O)C1. The van der Waals surface area contributed by atoms with Crippen LogP contribution in [0.2, 0.25) is 0 Å². The van der Waals surface area contributed by atoms with Gasteiger partial charge in [-0.3, -0.25) is 9.59 Å². The van der Waals surface area contributed by atoms with Gasteiger partial charge in [0, 0.05) is 19.3 Å². The van der Waals surface area contributed by atoms with Gasteiger partial charge in [-0.25, -0.2) is 0 Å². The first-order valence-electron chi connectivity index (χ1n) is 9.12. The van der Waals surface area contributed by atoms with Crippen molar-refractivity contribution in [3.8, 4) is 0 Å². The van der Waals surface area contributed by atoms with Crippen LogP contribution >= 0.6 is 0 Å². The van der Waals surface area contributed by atoms with E-state index in [-0.39, 0.29) is 17.0 Å². The van der Waals surface area contributed by atoms with Crippen molar-refractivity contribution in [1.29, 1.82) is 0 Å². The third-order valence-electron chi connectivity index (χ3n) is 5.07. The summed E-state index contributed by atoms with van der Waals surface area (Å²) in [6, 6.07) is 11.6. The Morgan fingerprint density at radius 3 is 2.84 bits per heavy atom. The molecule has 2 heterocycles. The van der Waals surface area contributed by atoms with Crippen LogP contribution in [0.3, 0.4) is 0 Å². The fourth-order valence-electron chi connectivity index (χ4n) is 3.58. The van der Waals surface area contributed by atoms with Gasteiger partial charge in [-0.15, -0.1) is 0 Å². The number of likely N-dealkylation sites (tertiary alicyclic amines) is 1. The maximum absolute atomic E-state index is 12.9. The highest BCUT2D eigenvalue weighted by molar-refractivity contribution is 5.93. The number of hydrogen-bond acceptors (Lipinski definition) is 2. The lowest BCUT2D eigenvalue weighted by atomic mass is 9.95. The molecule has 1 fully saturated rings. The van der Waals surface area contributed by atoms with E-state index in [1.165, 1.54) is 6.42 Å². The molecule has 1 atom stereocenters. The van der Waals surface area contributed by atoms with Gasteiger partial charge in [0.05, 0.1) is 6.54 Å². The number of carbonyl (C=O) groups is 1. The van der Waals surface area contributed by atoms with Crippen LogP contribution in [0.4, 0.5) is 0 Å². The average molecular weight is 338 g/mol. The molecular weight excluding hydrogens is 312 g/mol. The Hall–Kier alpha value is -2.36. The second kappa shape index (κ2) is 7.68. The fraction of sp³-hybridized carbons (Fsp3) is 0.429. The summed E-state index contributed by atoms with van der Waals surface area (Å²) >= 11 is 0.